The summed E-state index contributed by atoms with van der Waals surface area (Å²) in [5.41, 5.74) is 2.12. The van der Waals surface area contributed by atoms with Gasteiger partial charge in [-0.05, 0) is 33.9 Å². The van der Waals surface area contributed by atoms with E-state index in [4.69, 9.17) is 0 Å². The summed E-state index contributed by atoms with van der Waals surface area (Å²) in [7, 11) is 2.15. The van der Waals surface area contributed by atoms with Crippen molar-refractivity contribution in [3.05, 3.63) is 35.4 Å². The van der Waals surface area contributed by atoms with Crippen molar-refractivity contribution in [3.8, 4) is 0 Å². The van der Waals surface area contributed by atoms with Crippen molar-refractivity contribution in [2.45, 2.75) is 26.3 Å². The number of piperazine rings is 1. The van der Waals surface area contributed by atoms with E-state index < -0.39 is 0 Å². The summed E-state index contributed by atoms with van der Waals surface area (Å²) >= 11 is 0. The van der Waals surface area contributed by atoms with Gasteiger partial charge in [-0.2, -0.15) is 0 Å². The Morgan fingerprint density at radius 2 is 2.05 bits per heavy atom. The van der Waals surface area contributed by atoms with Gasteiger partial charge in [-0.3, -0.25) is 14.6 Å². The van der Waals surface area contributed by atoms with E-state index in [-0.39, 0.29) is 11.3 Å². The van der Waals surface area contributed by atoms with Crippen molar-refractivity contribution in [1.29, 1.82) is 0 Å². The van der Waals surface area contributed by atoms with E-state index in [0.29, 0.717) is 6.54 Å². The van der Waals surface area contributed by atoms with Gasteiger partial charge >= 0.3 is 0 Å². The summed E-state index contributed by atoms with van der Waals surface area (Å²) in [6.45, 7) is 9.95. The second-order valence-electron chi connectivity index (χ2n) is 6.24. The highest BCUT2D eigenvalue weighted by molar-refractivity contribution is 5.97. The van der Waals surface area contributed by atoms with E-state index in [9.17, 15) is 4.79 Å². The highest BCUT2D eigenvalue weighted by atomic mass is 16.1. The van der Waals surface area contributed by atoms with Crippen molar-refractivity contribution in [2.24, 2.45) is 0 Å². The third kappa shape index (κ3) is 3.43. The molecule has 1 aliphatic rings. The maximum atomic E-state index is 12.3. The van der Waals surface area contributed by atoms with Crippen molar-refractivity contribution < 1.29 is 4.79 Å². The fourth-order valence-corrected chi connectivity index (χ4v) is 2.59. The van der Waals surface area contributed by atoms with Crippen molar-refractivity contribution in [2.75, 3.05) is 33.2 Å². The molecular weight excluding hydrogens is 236 g/mol. The molecule has 1 heterocycles. The number of ketones is 1. The molecule has 1 fully saturated rings. The lowest BCUT2D eigenvalue weighted by atomic mass is 9.99. The number of nitrogens with zero attached hydrogens (tertiary/aromatic N) is 2. The zero-order chi connectivity index (χ0) is 14.0. The van der Waals surface area contributed by atoms with E-state index in [2.05, 4.69) is 30.7 Å². The Labute approximate surface area is 116 Å². The van der Waals surface area contributed by atoms with Crippen LogP contribution in [0.1, 0.15) is 29.8 Å². The topological polar surface area (TPSA) is 23.6 Å². The molecule has 0 amide bonds. The maximum Gasteiger partial charge on any atom is 0.176 e. The Hall–Kier alpha value is -1.19. The average Bonchev–Trinajstić information content (AvgIpc) is 2.33. The normalized spacial score (nSPS) is 20.4. The maximum absolute atomic E-state index is 12.3. The molecule has 0 unspecified atom stereocenters. The molecule has 1 aromatic carbocycles. The molecule has 19 heavy (non-hydrogen) atoms. The minimum absolute atomic E-state index is 0.144. The van der Waals surface area contributed by atoms with Gasteiger partial charge in [-0.1, -0.05) is 23.8 Å². The van der Waals surface area contributed by atoms with Gasteiger partial charge in [0.1, 0.15) is 0 Å². The summed E-state index contributed by atoms with van der Waals surface area (Å²) in [5, 5.41) is 0. The van der Waals surface area contributed by atoms with Crippen molar-refractivity contribution in [3.63, 3.8) is 0 Å². The Bertz CT molecular complexity index is 468. The Morgan fingerprint density at radius 1 is 1.32 bits per heavy atom. The fourth-order valence-electron chi connectivity index (χ4n) is 2.59. The van der Waals surface area contributed by atoms with Gasteiger partial charge in [0, 0.05) is 30.7 Å². The molecule has 0 aliphatic carbocycles. The first-order valence-electron chi connectivity index (χ1n) is 6.92. The van der Waals surface area contributed by atoms with E-state index in [1.54, 1.807) is 0 Å². The van der Waals surface area contributed by atoms with Crippen LogP contribution in [0.3, 0.4) is 0 Å². The van der Waals surface area contributed by atoms with Crippen LogP contribution < -0.4 is 0 Å². The minimum atomic E-state index is 0.144. The second kappa shape index (κ2) is 5.43. The van der Waals surface area contributed by atoms with Crippen LogP contribution in [0.15, 0.2) is 24.3 Å². The molecule has 1 aliphatic heterocycles. The van der Waals surface area contributed by atoms with Crippen LogP contribution >= 0.6 is 0 Å². The van der Waals surface area contributed by atoms with E-state index in [1.807, 2.05) is 31.2 Å². The smallest absolute Gasteiger partial charge is 0.176 e. The lowest BCUT2D eigenvalue weighted by Gasteiger charge is -2.45. The van der Waals surface area contributed by atoms with Gasteiger partial charge in [0.25, 0.3) is 0 Å². The van der Waals surface area contributed by atoms with Gasteiger partial charge in [-0.15, -0.1) is 0 Å². The number of carbonyl (C=O) groups excluding carboxylic acids is 1. The molecule has 2 rings (SSSR count). The highest BCUT2D eigenvalue weighted by Gasteiger charge is 2.31. The quantitative estimate of drug-likeness (QED) is 0.779. The number of rotatable bonds is 3. The number of hydrogen-bond acceptors (Lipinski definition) is 3. The predicted octanol–water partition coefficient (Wildman–Crippen LogP) is 2.20. The standard InChI is InChI=1S/C16H24N2O/c1-13-6-5-7-14(10-13)15(19)11-18-9-8-17(4)16(2,3)12-18/h5-7,10H,8-9,11-12H2,1-4H3. The molecule has 0 aromatic heterocycles. The lowest BCUT2D eigenvalue weighted by molar-refractivity contribution is 0.0390. The monoisotopic (exact) mass is 260 g/mol. The first-order valence-corrected chi connectivity index (χ1v) is 6.92. The number of aryl methyl sites for hydroxylation is 1. The Morgan fingerprint density at radius 3 is 2.68 bits per heavy atom. The molecular formula is C16H24N2O. The zero-order valence-corrected chi connectivity index (χ0v) is 12.4. The van der Waals surface area contributed by atoms with Crippen LogP contribution in [-0.2, 0) is 0 Å². The predicted molar refractivity (Wildman–Crippen MR) is 78.7 cm³/mol. The first kappa shape index (κ1) is 14.2. The van der Waals surface area contributed by atoms with Crippen LogP contribution in [-0.4, -0.2) is 54.3 Å². The molecule has 0 atom stereocenters. The molecule has 0 N–H and O–H groups in total. The molecule has 0 bridgehead atoms. The largest absolute Gasteiger partial charge is 0.299 e. The van der Waals surface area contributed by atoms with E-state index >= 15 is 0 Å². The summed E-state index contributed by atoms with van der Waals surface area (Å²) in [6.07, 6.45) is 0. The zero-order valence-electron chi connectivity index (χ0n) is 12.4. The third-order valence-electron chi connectivity index (χ3n) is 4.10. The molecule has 1 aromatic rings. The SMILES string of the molecule is Cc1cccc(C(=O)CN2CCN(C)C(C)(C)C2)c1. The van der Waals surface area contributed by atoms with Crippen LogP contribution in [0.2, 0.25) is 0 Å². The van der Waals surface area contributed by atoms with Crippen LogP contribution in [0.25, 0.3) is 0 Å². The summed E-state index contributed by atoms with van der Waals surface area (Å²) < 4.78 is 0. The van der Waals surface area contributed by atoms with Gasteiger partial charge in [0.2, 0.25) is 0 Å². The average molecular weight is 260 g/mol. The number of hydrogen-bond donors (Lipinski definition) is 0. The van der Waals surface area contributed by atoms with Crippen LogP contribution in [0, 0.1) is 6.92 Å². The van der Waals surface area contributed by atoms with Gasteiger partial charge < -0.3 is 0 Å². The minimum Gasteiger partial charge on any atom is -0.299 e. The molecule has 1 saturated heterocycles. The Kier molecular flexibility index (Phi) is 4.07. The van der Waals surface area contributed by atoms with E-state index in [0.717, 1.165) is 30.8 Å². The third-order valence-corrected chi connectivity index (χ3v) is 4.10. The van der Waals surface area contributed by atoms with Gasteiger partial charge in [0.05, 0.1) is 6.54 Å². The number of benzene rings is 1. The highest BCUT2D eigenvalue weighted by Crippen LogP contribution is 2.19. The summed E-state index contributed by atoms with van der Waals surface area (Å²) in [5.74, 6) is 0.226. The summed E-state index contributed by atoms with van der Waals surface area (Å²) in [4.78, 5) is 16.9. The van der Waals surface area contributed by atoms with Crippen molar-refractivity contribution >= 4 is 5.78 Å². The number of Topliss-reactive ketones (excluding diaryl/α,β-unsaturated/α-hetero) is 1. The fraction of sp³-hybridized carbons (Fsp3) is 0.562. The first-order chi connectivity index (χ1) is 8.88. The molecule has 0 spiro atoms. The van der Waals surface area contributed by atoms with Crippen molar-refractivity contribution in [1.82, 2.24) is 9.80 Å². The van der Waals surface area contributed by atoms with E-state index in [1.165, 1.54) is 0 Å². The molecule has 104 valence electrons. The molecule has 0 saturated carbocycles. The summed E-state index contributed by atoms with van der Waals surface area (Å²) in [6, 6.07) is 7.87. The van der Waals surface area contributed by atoms with Crippen LogP contribution in [0.5, 0.6) is 0 Å². The molecule has 0 radical (unpaired) electrons. The molecule has 3 heteroatoms. The van der Waals surface area contributed by atoms with Gasteiger partial charge in [-0.25, -0.2) is 0 Å². The van der Waals surface area contributed by atoms with Crippen LogP contribution in [0.4, 0.5) is 0 Å². The number of carbonyl (C=O) groups is 1. The second-order valence-corrected chi connectivity index (χ2v) is 6.24. The van der Waals surface area contributed by atoms with Gasteiger partial charge in [0.15, 0.2) is 5.78 Å². The molecule has 3 nitrogen and oxygen atoms in total. The number of likely N-dealkylation sites (N-methyl/N-ethyl adjacent to an activating group) is 1. The lowest BCUT2D eigenvalue weighted by Crippen LogP contribution is -2.58. The Balaban J connectivity index is 2.00.